The third-order valence-corrected chi connectivity index (χ3v) is 3.31. The SMILES string of the molecule is Cc1ccc(CNc2cc(Br)ccc2C#N)cc1F. The fraction of sp³-hybridized carbons (Fsp3) is 0.133. The van der Waals surface area contributed by atoms with Crippen molar-refractivity contribution >= 4 is 21.6 Å². The van der Waals surface area contributed by atoms with Gasteiger partial charge in [-0.3, -0.25) is 0 Å². The van der Waals surface area contributed by atoms with Crippen LogP contribution in [0.1, 0.15) is 16.7 Å². The summed E-state index contributed by atoms with van der Waals surface area (Å²) in [4.78, 5) is 0. The highest BCUT2D eigenvalue weighted by Gasteiger charge is 2.04. The van der Waals surface area contributed by atoms with Gasteiger partial charge in [0, 0.05) is 11.0 Å². The fourth-order valence-corrected chi connectivity index (χ4v) is 2.06. The van der Waals surface area contributed by atoms with E-state index in [0.29, 0.717) is 17.7 Å². The number of hydrogen-bond donors (Lipinski definition) is 1. The Bertz CT molecular complexity index is 647. The van der Waals surface area contributed by atoms with Gasteiger partial charge in [0.25, 0.3) is 0 Å². The van der Waals surface area contributed by atoms with Gasteiger partial charge in [0.05, 0.1) is 11.3 Å². The second-order valence-corrected chi connectivity index (χ2v) is 5.15. The van der Waals surface area contributed by atoms with Crippen LogP contribution in [-0.4, -0.2) is 0 Å². The maximum atomic E-state index is 13.4. The minimum absolute atomic E-state index is 0.214. The molecule has 2 nitrogen and oxygen atoms in total. The summed E-state index contributed by atoms with van der Waals surface area (Å²) in [5.41, 5.74) is 2.77. The highest BCUT2D eigenvalue weighted by atomic mass is 79.9. The van der Waals surface area contributed by atoms with Crippen molar-refractivity contribution < 1.29 is 4.39 Å². The van der Waals surface area contributed by atoms with Gasteiger partial charge in [-0.2, -0.15) is 5.26 Å². The van der Waals surface area contributed by atoms with Gasteiger partial charge in [-0.15, -0.1) is 0 Å². The van der Waals surface area contributed by atoms with Gasteiger partial charge in [0.2, 0.25) is 0 Å². The Hall–Kier alpha value is -1.86. The zero-order valence-corrected chi connectivity index (χ0v) is 12.0. The molecule has 0 saturated carbocycles. The number of rotatable bonds is 3. The van der Waals surface area contributed by atoms with E-state index in [1.807, 2.05) is 18.2 Å². The largest absolute Gasteiger partial charge is 0.380 e. The molecule has 0 aliphatic heterocycles. The van der Waals surface area contributed by atoms with E-state index in [1.54, 1.807) is 19.1 Å². The molecule has 0 fully saturated rings. The van der Waals surface area contributed by atoms with Gasteiger partial charge in [0.15, 0.2) is 0 Å². The van der Waals surface area contributed by atoms with Crippen molar-refractivity contribution in [3.63, 3.8) is 0 Å². The van der Waals surface area contributed by atoms with E-state index in [4.69, 9.17) is 5.26 Å². The summed E-state index contributed by atoms with van der Waals surface area (Å²) >= 11 is 3.36. The molecule has 19 heavy (non-hydrogen) atoms. The Morgan fingerprint density at radius 1 is 1.26 bits per heavy atom. The van der Waals surface area contributed by atoms with Crippen molar-refractivity contribution in [1.29, 1.82) is 5.26 Å². The second-order valence-electron chi connectivity index (χ2n) is 4.24. The summed E-state index contributed by atoms with van der Waals surface area (Å²) in [6.45, 7) is 2.21. The molecular weight excluding hydrogens is 307 g/mol. The Morgan fingerprint density at radius 3 is 2.74 bits per heavy atom. The van der Waals surface area contributed by atoms with Crippen LogP contribution in [-0.2, 0) is 6.54 Å². The number of aryl methyl sites for hydroxylation is 1. The lowest BCUT2D eigenvalue weighted by Gasteiger charge is -2.09. The molecule has 0 aliphatic carbocycles. The lowest BCUT2D eigenvalue weighted by Crippen LogP contribution is -2.02. The molecule has 0 saturated heterocycles. The fourth-order valence-electron chi connectivity index (χ4n) is 1.70. The van der Waals surface area contributed by atoms with Crippen LogP contribution in [0.3, 0.4) is 0 Å². The average molecular weight is 319 g/mol. The molecular formula is C15H12BrFN2. The molecule has 0 heterocycles. The Morgan fingerprint density at radius 2 is 2.05 bits per heavy atom. The molecule has 0 amide bonds. The Kier molecular flexibility index (Phi) is 4.18. The molecule has 1 N–H and O–H groups in total. The van der Waals surface area contributed by atoms with Crippen LogP contribution in [0.4, 0.5) is 10.1 Å². The molecule has 2 aromatic carbocycles. The van der Waals surface area contributed by atoms with Gasteiger partial charge in [-0.25, -0.2) is 4.39 Å². The van der Waals surface area contributed by atoms with E-state index < -0.39 is 0 Å². The topological polar surface area (TPSA) is 35.8 Å². The van der Waals surface area contributed by atoms with Crippen LogP contribution in [0.25, 0.3) is 0 Å². The van der Waals surface area contributed by atoms with Crippen molar-refractivity contribution in [2.75, 3.05) is 5.32 Å². The van der Waals surface area contributed by atoms with E-state index in [9.17, 15) is 4.39 Å². The molecule has 0 aliphatic rings. The molecule has 0 radical (unpaired) electrons. The zero-order valence-electron chi connectivity index (χ0n) is 10.4. The standard InChI is InChI=1S/C15H12BrFN2/c1-10-2-3-11(6-14(10)17)9-19-15-7-13(16)5-4-12(15)8-18/h2-7,19H,9H2,1H3. The Balaban J connectivity index is 2.16. The Labute approximate surface area is 120 Å². The minimum atomic E-state index is -0.214. The van der Waals surface area contributed by atoms with Crippen LogP contribution in [0.2, 0.25) is 0 Å². The van der Waals surface area contributed by atoms with Gasteiger partial charge in [-0.1, -0.05) is 28.1 Å². The lowest BCUT2D eigenvalue weighted by molar-refractivity contribution is 0.616. The van der Waals surface area contributed by atoms with Crippen LogP contribution < -0.4 is 5.32 Å². The summed E-state index contributed by atoms with van der Waals surface area (Å²) in [5.74, 6) is -0.214. The molecule has 0 unspecified atom stereocenters. The molecule has 0 aromatic heterocycles. The molecule has 2 rings (SSSR count). The number of halogens is 2. The molecule has 0 bridgehead atoms. The summed E-state index contributed by atoms with van der Waals surface area (Å²) in [7, 11) is 0. The quantitative estimate of drug-likeness (QED) is 0.911. The second kappa shape index (κ2) is 5.85. The summed E-state index contributed by atoms with van der Waals surface area (Å²) in [6.07, 6.45) is 0. The highest BCUT2D eigenvalue weighted by molar-refractivity contribution is 9.10. The highest BCUT2D eigenvalue weighted by Crippen LogP contribution is 2.21. The summed E-state index contributed by atoms with van der Waals surface area (Å²) < 4.78 is 14.3. The van der Waals surface area contributed by atoms with Crippen molar-refractivity contribution in [3.8, 4) is 6.07 Å². The molecule has 0 spiro atoms. The molecule has 2 aromatic rings. The van der Waals surface area contributed by atoms with Crippen molar-refractivity contribution in [3.05, 3.63) is 63.4 Å². The first-order valence-electron chi connectivity index (χ1n) is 5.78. The van der Waals surface area contributed by atoms with Crippen molar-refractivity contribution in [2.24, 2.45) is 0 Å². The maximum absolute atomic E-state index is 13.4. The number of anilines is 1. The predicted molar refractivity (Wildman–Crippen MR) is 77.3 cm³/mol. The van der Waals surface area contributed by atoms with Gasteiger partial charge in [-0.05, 0) is 42.3 Å². The van der Waals surface area contributed by atoms with E-state index in [2.05, 4.69) is 27.3 Å². The van der Waals surface area contributed by atoms with E-state index in [0.717, 1.165) is 15.7 Å². The van der Waals surface area contributed by atoms with Crippen molar-refractivity contribution in [2.45, 2.75) is 13.5 Å². The van der Waals surface area contributed by atoms with Crippen LogP contribution in [0, 0.1) is 24.1 Å². The number of hydrogen-bond acceptors (Lipinski definition) is 2. The minimum Gasteiger partial charge on any atom is -0.380 e. The molecule has 96 valence electrons. The first-order chi connectivity index (χ1) is 9.10. The lowest BCUT2D eigenvalue weighted by atomic mass is 10.1. The molecule has 4 heteroatoms. The number of benzene rings is 2. The third-order valence-electron chi connectivity index (χ3n) is 2.82. The molecule has 0 atom stereocenters. The average Bonchev–Trinajstić information content (AvgIpc) is 2.40. The number of nitriles is 1. The van der Waals surface area contributed by atoms with Gasteiger partial charge >= 0.3 is 0 Å². The first kappa shape index (κ1) is 13.6. The maximum Gasteiger partial charge on any atom is 0.126 e. The normalized spacial score (nSPS) is 10.0. The van der Waals surface area contributed by atoms with E-state index in [-0.39, 0.29) is 5.82 Å². The zero-order chi connectivity index (χ0) is 13.8. The predicted octanol–water partition coefficient (Wildman–Crippen LogP) is 4.38. The number of nitrogens with one attached hydrogen (secondary N) is 1. The third kappa shape index (κ3) is 3.33. The summed E-state index contributed by atoms with van der Waals surface area (Å²) in [6, 6.07) is 12.6. The van der Waals surface area contributed by atoms with E-state index >= 15 is 0 Å². The van der Waals surface area contributed by atoms with E-state index in [1.165, 1.54) is 6.07 Å². The van der Waals surface area contributed by atoms with Gasteiger partial charge < -0.3 is 5.32 Å². The van der Waals surface area contributed by atoms with Crippen LogP contribution >= 0.6 is 15.9 Å². The van der Waals surface area contributed by atoms with Crippen LogP contribution in [0.15, 0.2) is 40.9 Å². The first-order valence-corrected chi connectivity index (χ1v) is 6.58. The van der Waals surface area contributed by atoms with Gasteiger partial charge in [0.1, 0.15) is 11.9 Å². The van der Waals surface area contributed by atoms with Crippen molar-refractivity contribution in [1.82, 2.24) is 0 Å². The summed E-state index contributed by atoms with van der Waals surface area (Å²) in [5, 5.41) is 12.2. The smallest absolute Gasteiger partial charge is 0.126 e. The monoisotopic (exact) mass is 318 g/mol. The van der Waals surface area contributed by atoms with Crippen LogP contribution in [0.5, 0.6) is 0 Å². The number of nitrogens with zero attached hydrogens (tertiary/aromatic N) is 1.